The van der Waals surface area contributed by atoms with Crippen molar-refractivity contribution in [3.8, 4) is 0 Å². The Morgan fingerprint density at radius 3 is 2.78 bits per heavy atom. The summed E-state index contributed by atoms with van der Waals surface area (Å²) in [6, 6.07) is 9.13. The van der Waals surface area contributed by atoms with Crippen LogP contribution in [0.2, 0.25) is 5.02 Å². The van der Waals surface area contributed by atoms with Crippen molar-refractivity contribution in [2.45, 2.75) is 18.7 Å². The van der Waals surface area contributed by atoms with E-state index in [0.717, 1.165) is 21.9 Å². The molecular weight excluding hydrogens is 398 g/mol. The molecule has 7 heteroatoms. The van der Waals surface area contributed by atoms with Crippen molar-refractivity contribution >= 4 is 56.6 Å². The highest BCUT2D eigenvalue weighted by molar-refractivity contribution is 9.10. The maximum absolute atomic E-state index is 12.4. The lowest BCUT2D eigenvalue weighted by atomic mass is 10.1. The van der Waals surface area contributed by atoms with Crippen molar-refractivity contribution in [2.24, 2.45) is 0 Å². The number of hydrogen-bond donors (Lipinski definition) is 3. The van der Waals surface area contributed by atoms with Gasteiger partial charge in [0.15, 0.2) is 0 Å². The Bertz CT molecular complexity index is 740. The normalized spacial score (nSPS) is 10.4. The van der Waals surface area contributed by atoms with Crippen molar-refractivity contribution < 1.29 is 4.79 Å². The number of hydrazine groups is 1. The van der Waals surface area contributed by atoms with Crippen LogP contribution in [0, 0.1) is 6.92 Å². The van der Waals surface area contributed by atoms with Gasteiger partial charge in [-0.25, -0.2) is 0 Å². The summed E-state index contributed by atoms with van der Waals surface area (Å²) in [5.41, 5.74) is 14.1. The molecule has 0 aliphatic rings. The molecule has 0 saturated heterocycles. The third-order valence-corrected chi connectivity index (χ3v) is 4.92. The van der Waals surface area contributed by atoms with E-state index in [1.807, 2.05) is 25.1 Å². The number of thioether (sulfide) groups is 1. The van der Waals surface area contributed by atoms with E-state index < -0.39 is 0 Å². The number of rotatable bonds is 5. The lowest BCUT2D eigenvalue weighted by Gasteiger charge is -2.14. The number of carbonyl (C=O) groups is 1. The zero-order valence-corrected chi connectivity index (χ0v) is 15.9. The molecule has 1 amide bonds. The minimum absolute atomic E-state index is 0.306. The van der Waals surface area contributed by atoms with Crippen LogP contribution in [0.1, 0.15) is 22.8 Å². The van der Waals surface area contributed by atoms with Crippen molar-refractivity contribution in [3.63, 3.8) is 0 Å². The van der Waals surface area contributed by atoms with Crippen LogP contribution in [-0.4, -0.2) is 11.7 Å². The van der Waals surface area contributed by atoms with E-state index in [9.17, 15) is 4.79 Å². The van der Waals surface area contributed by atoms with Crippen molar-refractivity contribution in [1.82, 2.24) is 5.43 Å². The van der Waals surface area contributed by atoms with Crippen LogP contribution in [0.25, 0.3) is 0 Å². The fourth-order valence-electron chi connectivity index (χ4n) is 2.01. The van der Waals surface area contributed by atoms with Gasteiger partial charge in [0.05, 0.1) is 16.9 Å². The van der Waals surface area contributed by atoms with Crippen LogP contribution in [0.3, 0.4) is 0 Å². The van der Waals surface area contributed by atoms with Crippen LogP contribution in [0.4, 0.5) is 11.4 Å². The van der Waals surface area contributed by atoms with Crippen molar-refractivity contribution in [2.75, 3.05) is 16.9 Å². The molecule has 0 unspecified atom stereocenters. The summed E-state index contributed by atoms with van der Waals surface area (Å²) in [4.78, 5) is 13.4. The number of carbonyl (C=O) groups excluding carboxylic acids is 1. The maximum atomic E-state index is 12.4. The van der Waals surface area contributed by atoms with Crippen LogP contribution in [0.5, 0.6) is 0 Å². The van der Waals surface area contributed by atoms with Gasteiger partial charge in [-0.15, -0.1) is 11.8 Å². The number of nitrogens with two attached hydrogens (primary N) is 1. The fourth-order valence-corrected chi connectivity index (χ4v) is 3.50. The molecule has 0 radical (unpaired) electrons. The lowest BCUT2D eigenvalue weighted by molar-refractivity contribution is 0.0963. The smallest absolute Gasteiger partial charge is 0.271 e. The Hall–Kier alpha value is -1.37. The second-order valence-electron chi connectivity index (χ2n) is 4.86. The van der Waals surface area contributed by atoms with Gasteiger partial charge in [-0.3, -0.25) is 15.6 Å². The zero-order valence-electron chi connectivity index (χ0n) is 12.7. The highest BCUT2D eigenvalue weighted by Crippen LogP contribution is 2.30. The Labute approximate surface area is 153 Å². The summed E-state index contributed by atoms with van der Waals surface area (Å²) in [7, 11) is 0. The highest BCUT2D eigenvalue weighted by atomic mass is 79.9. The van der Waals surface area contributed by atoms with Crippen LogP contribution in [-0.2, 0) is 0 Å². The monoisotopic (exact) mass is 413 g/mol. The molecule has 0 saturated carbocycles. The number of nitrogens with one attached hydrogen (secondary N) is 2. The average Bonchev–Trinajstić information content (AvgIpc) is 2.51. The average molecular weight is 415 g/mol. The van der Waals surface area contributed by atoms with E-state index in [-0.39, 0.29) is 5.91 Å². The zero-order chi connectivity index (χ0) is 17.0. The predicted octanol–water partition coefficient (Wildman–Crippen LogP) is 4.86. The van der Waals surface area contributed by atoms with Gasteiger partial charge >= 0.3 is 0 Å². The molecule has 0 bridgehead atoms. The summed E-state index contributed by atoms with van der Waals surface area (Å²) >= 11 is 11.0. The Morgan fingerprint density at radius 2 is 2.09 bits per heavy atom. The number of hydrogen-bond acceptors (Lipinski definition) is 4. The Morgan fingerprint density at radius 1 is 1.35 bits per heavy atom. The van der Waals surface area contributed by atoms with E-state index in [0.29, 0.717) is 20.7 Å². The third kappa shape index (κ3) is 4.56. The second kappa shape index (κ2) is 7.95. The summed E-state index contributed by atoms with van der Waals surface area (Å²) < 4.78 is 0.702. The molecular formula is C16H17BrClN3OS. The lowest BCUT2D eigenvalue weighted by Crippen LogP contribution is -2.30. The van der Waals surface area contributed by atoms with Gasteiger partial charge in [-0.2, -0.15) is 0 Å². The van der Waals surface area contributed by atoms with Gasteiger partial charge in [0.2, 0.25) is 0 Å². The fraction of sp³-hybridized carbons (Fsp3) is 0.188. The molecule has 0 spiro atoms. The minimum Gasteiger partial charge on any atom is -0.397 e. The highest BCUT2D eigenvalue weighted by Gasteiger charge is 2.13. The van der Waals surface area contributed by atoms with E-state index in [2.05, 4.69) is 33.7 Å². The second-order valence-corrected chi connectivity index (χ2v) is 7.46. The topological polar surface area (TPSA) is 67.1 Å². The van der Waals surface area contributed by atoms with Gasteiger partial charge in [0.25, 0.3) is 5.91 Å². The summed E-state index contributed by atoms with van der Waals surface area (Å²) in [5, 5.41) is 0.597. The van der Waals surface area contributed by atoms with Crippen LogP contribution >= 0.6 is 39.3 Å². The summed E-state index contributed by atoms with van der Waals surface area (Å²) in [6.45, 7) is 3.97. The minimum atomic E-state index is -0.306. The quantitative estimate of drug-likeness (QED) is 0.371. The molecule has 0 aromatic heterocycles. The first-order chi connectivity index (χ1) is 10.9. The molecule has 4 nitrogen and oxygen atoms in total. The predicted molar refractivity (Wildman–Crippen MR) is 102 cm³/mol. The molecule has 0 atom stereocenters. The van der Waals surface area contributed by atoms with Crippen molar-refractivity contribution in [1.29, 1.82) is 0 Å². The number of nitrogen functional groups attached to an aromatic ring is 1. The third-order valence-electron chi connectivity index (χ3n) is 3.07. The Balaban J connectivity index is 2.18. The first-order valence-electron chi connectivity index (χ1n) is 6.96. The van der Waals surface area contributed by atoms with Gasteiger partial charge in [0.1, 0.15) is 0 Å². The summed E-state index contributed by atoms with van der Waals surface area (Å²) in [6.07, 6.45) is 0. The molecule has 0 aliphatic heterocycles. The molecule has 2 rings (SSSR count). The molecule has 0 fully saturated rings. The van der Waals surface area contributed by atoms with E-state index in [1.165, 1.54) is 0 Å². The van der Waals surface area contributed by atoms with E-state index in [1.54, 1.807) is 23.9 Å². The van der Waals surface area contributed by atoms with Crippen molar-refractivity contribution in [3.05, 3.63) is 51.0 Å². The molecule has 2 aromatic rings. The number of benzene rings is 2. The van der Waals surface area contributed by atoms with Gasteiger partial charge in [-0.1, -0.05) is 18.5 Å². The summed E-state index contributed by atoms with van der Waals surface area (Å²) in [5.74, 6) is 0.613. The number of aryl methyl sites for hydroxylation is 1. The van der Waals surface area contributed by atoms with E-state index >= 15 is 0 Å². The number of anilines is 2. The molecule has 0 heterocycles. The Kier molecular flexibility index (Phi) is 6.21. The number of amides is 1. The first kappa shape index (κ1) is 18.0. The number of halogens is 2. The van der Waals surface area contributed by atoms with Gasteiger partial charge < -0.3 is 5.73 Å². The maximum Gasteiger partial charge on any atom is 0.271 e. The SMILES string of the molecule is CCSc1ccc(Cl)cc1NNC(=O)c1cc(C)cc(Br)c1N. The largest absolute Gasteiger partial charge is 0.397 e. The van der Waals surface area contributed by atoms with Crippen LogP contribution in [0.15, 0.2) is 39.7 Å². The van der Waals surface area contributed by atoms with Gasteiger partial charge in [-0.05, 0) is 64.5 Å². The molecule has 0 aliphatic carbocycles. The first-order valence-corrected chi connectivity index (χ1v) is 9.12. The molecule has 2 aromatic carbocycles. The molecule has 23 heavy (non-hydrogen) atoms. The molecule has 4 N–H and O–H groups in total. The molecule has 122 valence electrons. The van der Waals surface area contributed by atoms with Gasteiger partial charge in [0, 0.05) is 14.4 Å². The van der Waals surface area contributed by atoms with E-state index in [4.69, 9.17) is 17.3 Å². The van der Waals surface area contributed by atoms with Crippen LogP contribution < -0.4 is 16.6 Å². The standard InChI is InChI=1S/C16H17BrClN3OS/c1-3-23-14-5-4-10(18)8-13(14)20-21-16(22)11-6-9(2)7-12(17)15(11)19/h4-8,20H,3,19H2,1-2H3,(H,21,22).